The summed E-state index contributed by atoms with van der Waals surface area (Å²) in [6.07, 6.45) is 2.54. The summed E-state index contributed by atoms with van der Waals surface area (Å²) in [6.45, 7) is 7.37. The molecule has 10 nitrogen and oxygen atoms in total. The summed E-state index contributed by atoms with van der Waals surface area (Å²) in [4.78, 5) is 55.3. The van der Waals surface area contributed by atoms with E-state index in [2.05, 4.69) is 20.9 Å². The zero-order valence-electron chi connectivity index (χ0n) is 24.0. The van der Waals surface area contributed by atoms with Crippen molar-refractivity contribution in [2.24, 2.45) is 17.6 Å². The Hall–Kier alpha value is -4.18. The fraction of sp³-hybridized carbons (Fsp3) is 0.419. The number of rotatable bonds is 14. The van der Waals surface area contributed by atoms with Crippen LogP contribution in [0.25, 0.3) is 10.9 Å². The number of amides is 3. The largest absolute Gasteiger partial charge is 0.480 e. The molecular weight excluding hydrogens is 522 g/mol. The third-order valence-corrected chi connectivity index (χ3v) is 7.44. The molecule has 5 unspecified atom stereocenters. The summed E-state index contributed by atoms with van der Waals surface area (Å²) in [5, 5.41) is 18.9. The Kier molecular flexibility index (Phi) is 11.0. The van der Waals surface area contributed by atoms with Crippen LogP contribution in [0, 0.1) is 11.8 Å². The van der Waals surface area contributed by atoms with Gasteiger partial charge in [0.15, 0.2) is 0 Å². The standard InChI is InChI=1S/C31H41N5O5/c1-5-19(4)27(36-29(38)26(32)18(2)3)30(39)34-24(16-21-17-33-23-14-10-9-13-22(21)23)28(37)35-25(31(40)41)15-20-11-7-6-8-12-20/h6-14,17-19,24-27,33H,5,15-16,32H2,1-4H3,(H,34,39)(H,35,37)(H,36,38)(H,40,41). The number of carboxylic acid groups (broad SMARTS) is 1. The van der Waals surface area contributed by atoms with E-state index in [1.54, 1.807) is 30.5 Å². The number of carbonyl (C=O) groups is 4. The number of carbonyl (C=O) groups excluding carboxylic acids is 3. The topological polar surface area (TPSA) is 166 Å². The predicted molar refractivity (Wildman–Crippen MR) is 158 cm³/mol. The minimum atomic E-state index is -1.21. The van der Waals surface area contributed by atoms with E-state index in [4.69, 9.17) is 5.73 Å². The third kappa shape index (κ3) is 8.40. The van der Waals surface area contributed by atoms with Gasteiger partial charge in [0.25, 0.3) is 0 Å². The Morgan fingerprint density at radius 3 is 2.10 bits per heavy atom. The fourth-order valence-corrected chi connectivity index (χ4v) is 4.57. The SMILES string of the molecule is CCC(C)C(NC(=O)C(N)C(C)C)C(=O)NC(Cc1c[nH]c2ccccc12)C(=O)NC(Cc1ccccc1)C(=O)O. The second-order valence-electron chi connectivity index (χ2n) is 10.9. The molecular formula is C31H41N5O5. The Labute approximate surface area is 240 Å². The number of aromatic nitrogens is 1. The number of nitrogens with two attached hydrogens (primary N) is 1. The van der Waals surface area contributed by atoms with Gasteiger partial charge in [-0.05, 0) is 29.0 Å². The monoisotopic (exact) mass is 563 g/mol. The Morgan fingerprint density at radius 2 is 1.46 bits per heavy atom. The van der Waals surface area contributed by atoms with Crippen LogP contribution in [-0.4, -0.2) is 57.9 Å². The minimum Gasteiger partial charge on any atom is -0.480 e. The van der Waals surface area contributed by atoms with Crippen molar-refractivity contribution in [3.8, 4) is 0 Å². The van der Waals surface area contributed by atoms with E-state index < -0.39 is 47.9 Å². The van der Waals surface area contributed by atoms with Crippen LogP contribution in [0.3, 0.4) is 0 Å². The van der Waals surface area contributed by atoms with Crippen molar-refractivity contribution in [2.75, 3.05) is 0 Å². The van der Waals surface area contributed by atoms with E-state index >= 15 is 0 Å². The molecule has 3 amide bonds. The van der Waals surface area contributed by atoms with Gasteiger partial charge in [-0.1, -0.05) is 82.6 Å². The van der Waals surface area contributed by atoms with Crippen molar-refractivity contribution in [1.82, 2.24) is 20.9 Å². The van der Waals surface area contributed by atoms with E-state index in [0.717, 1.165) is 22.0 Å². The van der Waals surface area contributed by atoms with Crippen LogP contribution in [0.15, 0.2) is 60.8 Å². The molecule has 5 atom stereocenters. The van der Waals surface area contributed by atoms with E-state index in [0.29, 0.717) is 6.42 Å². The first-order chi connectivity index (χ1) is 19.5. The lowest BCUT2D eigenvalue weighted by molar-refractivity contribution is -0.142. The van der Waals surface area contributed by atoms with Gasteiger partial charge >= 0.3 is 5.97 Å². The molecule has 0 radical (unpaired) electrons. The van der Waals surface area contributed by atoms with Gasteiger partial charge in [-0.2, -0.15) is 0 Å². The van der Waals surface area contributed by atoms with Gasteiger partial charge in [0.2, 0.25) is 17.7 Å². The predicted octanol–water partition coefficient (Wildman–Crippen LogP) is 2.52. The van der Waals surface area contributed by atoms with Crippen LogP contribution in [0.2, 0.25) is 0 Å². The van der Waals surface area contributed by atoms with Gasteiger partial charge in [-0.3, -0.25) is 14.4 Å². The van der Waals surface area contributed by atoms with E-state index in [1.807, 2.05) is 58.0 Å². The molecule has 0 bridgehead atoms. The van der Waals surface area contributed by atoms with Crippen LogP contribution in [0.1, 0.15) is 45.2 Å². The minimum absolute atomic E-state index is 0.0777. The molecule has 0 saturated heterocycles. The summed E-state index contributed by atoms with van der Waals surface area (Å²) < 4.78 is 0. The first kappa shape index (κ1) is 31.3. The molecule has 10 heteroatoms. The number of H-pyrrole nitrogens is 1. The number of aromatic amines is 1. The van der Waals surface area contributed by atoms with Gasteiger partial charge in [-0.15, -0.1) is 0 Å². The highest BCUT2D eigenvalue weighted by atomic mass is 16.4. The molecule has 0 fully saturated rings. The van der Waals surface area contributed by atoms with Crippen molar-refractivity contribution in [3.05, 3.63) is 71.9 Å². The van der Waals surface area contributed by atoms with Gasteiger partial charge < -0.3 is 31.8 Å². The quantitative estimate of drug-likeness (QED) is 0.176. The molecule has 220 valence electrons. The molecule has 2 aromatic carbocycles. The summed E-state index contributed by atoms with van der Waals surface area (Å²) >= 11 is 0. The van der Waals surface area contributed by atoms with Crippen molar-refractivity contribution >= 4 is 34.6 Å². The van der Waals surface area contributed by atoms with E-state index in [-0.39, 0.29) is 24.7 Å². The maximum atomic E-state index is 13.6. The Bertz CT molecular complexity index is 1340. The molecule has 3 aromatic rings. The first-order valence-electron chi connectivity index (χ1n) is 14.0. The molecule has 7 N–H and O–H groups in total. The number of benzene rings is 2. The van der Waals surface area contributed by atoms with Gasteiger partial charge in [0.05, 0.1) is 6.04 Å². The van der Waals surface area contributed by atoms with Crippen LogP contribution < -0.4 is 21.7 Å². The molecule has 0 saturated carbocycles. The lowest BCUT2D eigenvalue weighted by atomic mass is 9.95. The van der Waals surface area contributed by atoms with Crippen molar-refractivity contribution < 1.29 is 24.3 Å². The van der Waals surface area contributed by atoms with Crippen molar-refractivity contribution in [1.29, 1.82) is 0 Å². The first-order valence-corrected chi connectivity index (χ1v) is 14.0. The van der Waals surface area contributed by atoms with Crippen molar-refractivity contribution in [2.45, 2.75) is 71.1 Å². The average Bonchev–Trinajstić information content (AvgIpc) is 3.37. The second-order valence-corrected chi connectivity index (χ2v) is 10.9. The molecule has 0 aliphatic carbocycles. The average molecular weight is 564 g/mol. The van der Waals surface area contributed by atoms with Gasteiger partial charge in [0.1, 0.15) is 18.1 Å². The van der Waals surface area contributed by atoms with E-state index in [9.17, 15) is 24.3 Å². The summed E-state index contributed by atoms with van der Waals surface area (Å²) in [5.41, 5.74) is 8.42. The third-order valence-electron chi connectivity index (χ3n) is 7.44. The molecule has 3 rings (SSSR count). The molecule has 1 heterocycles. The second kappa shape index (κ2) is 14.5. The Balaban J connectivity index is 1.88. The summed E-state index contributed by atoms with van der Waals surface area (Å²) in [7, 11) is 0. The number of hydrogen-bond acceptors (Lipinski definition) is 5. The van der Waals surface area contributed by atoms with Gasteiger partial charge in [0, 0.05) is 29.9 Å². The Morgan fingerprint density at radius 1 is 0.829 bits per heavy atom. The molecule has 0 aliphatic heterocycles. The number of nitrogens with one attached hydrogen (secondary N) is 4. The van der Waals surface area contributed by atoms with Crippen LogP contribution in [0.5, 0.6) is 0 Å². The van der Waals surface area contributed by atoms with Gasteiger partial charge in [-0.25, -0.2) is 4.79 Å². The van der Waals surface area contributed by atoms with Crippen LogP contribution in [0.4, 0.5) is 0 Å². The lowest BCUT2D eigenvalue weighted by Gasteiger charge is -2.28. The van der Waals surface area contributed by atoms with Crippen LogP contribution >= 0.6 is 0 Å². The number of hydrogen-bond donors (Lipinski definition) is 6. The highest BCUT2D eigenvalue weighted by Gasteiger charge is 2.33. The zero-order valence-corrected chi connectivity index (χ0v) is 24.0. The maximum Gasteiger partial charge on any atom is 0.326 e. The van der Waals surface area contributed by atoms with Crippen LogP contribution in [-0.2, 0) is 32.0 Å². The lowest BCUT2D eigenvalue weighted by Crippen LogP contribution is -2.59. The number of carboxylic acids is 1. The molecule has 0 aliphatic rings. The summed E-state index contributed by atoms with van der Waals surface area (Å²) in [6, 6.07) is 12.5. The van der Waals surface area contributed by atoms with Crippen molar-refractivity contribution in [3.63, 3.8) is 0 Å². The molecule has 0 spiro atoms. The summed E-state index contributed by atoms with van der Waals surface area (Å²) in [5.74, 6) is -3.20. The van der Waals surface area contributed by atoms with E-state index in [1.165, 1.54) is 0 Å². The molecule has 41 heavy (non-hydrogen) atoms. The number of fused-ring (bicyclic) bond motifs is 1. The smallest absolute Gasteiger partial charge is 0.326 e. The number of para-hydroxylation sites is 1. The normalized spacial score (nSPS) is 15.0. The zero-order chi connectivity index (χ0) is 30.1. The fourth-order valence-electron chi connectivity index (χ4n) is 4.57. The number of aliphatic carboxylic acids is 1. The highest BCUT2D eigenvalue weighted by Crippen LogP contribution is 2.20. The molecule has 1 aromatic heterocycles. The maximum absolute atomic E-state index is 13.6. The highest BCUT2D eigenvalue weighted by molar-refractivity contribution is 5.95.